The fourth-order valence-corrected chi connectivity index (χ4v) is 2.93. The Kier molecular flexibility index (Phi) is 5.56. The molecule has 1 atom stereocenters. The molecule has 0 amide bonds. The first-order valence-corrected chi connectivity index (χ1v) is 7.46. The molecule has 0 spiro atoms. The second kappa shape index (κ2) is 6.74. The molecule has 1 unspecified atom stereocenters. The number of thiophene rings is 1. The van der Waals surface area contributed by atoms with E-state index in [0.717, 1.165) is 6.42 Å². The summed E-state index contributed by atoms with van der Waals surface area (Å²) in [6, 6.07) is 0.179. The van der Waals surface area contributed by atoms with Gasteiger partial charge in [0.15, 0.2) is 5.78 Å². The highest BCUT2D eigenvalue weighted by Crippen LogP contribution is 2.38. The van der Waals surface area contributed by atoms with Crippen molar-refractivity contribution in [2.24, 2.45) is 5.92 Å². The van der Waals surface area contributed by atoms with Crippen molar-refractivity contribution in [3.05, 3.63) is 10.4 Å². The zero-order valence-electron chi connectivity index (χ0n) is 12.6. The maximum atomic E-state index is 12.1. The van der Waals surface area contributed by atoms with E-state index >= 15 is 0 Å². The lowest BCUT2D eigenvalue weighted by atomic mass is 10.1. The third-order valence-electron chi connectivity index (χ3n) is 3.07. The van der Waals surface area contributed by atoms with Crippen LogP contribution in [0.5, 0.6) is 0 Å². The maximum absolute atomic E-state index is 12.1. The van der Waals surface area contributed by atoms with Crippen LogP contribution in [-0.2, 0) is 4.74 Å². The van der Waals surface area contributed by atoms with E-state index in [9.17, 15) is 9.59 Å². The number of Topliss-reactive ketones (excluding diaryl/α,β-unsaturated/α-hetero) is 1. The summed E-state index contributed by atoms with van der Waals surface area (Å²) in [5.74, 6) is -0.750. The molecule has 20 heavy (non-hydrogen) atoms. The number of esters is 1. The zero-order valence-corrected chi connectivity index (χ0v) is 13.4. The summed E-state index contributed by atoms with van der Waals surface area (Å²) < 4.78 is 4.76. The number of carbonyl (C=O) groups is 2. The molecule has 1 aromatic heterocycles. The average Bonchev–Trinajstić information content (AvgIpc) is 2.73. The molecule has 0 aliphatic heterocycles. The van der Waals surface area contributed by atoms with Crippen LogP contribution in [-0.4, -0.2) is 24.9 Å². The molecule has 6 heteroatoms. The van der Waals surface area contributed by atoms with E-state index in [-0.39, 0.29) is 29.0 Å². The first-order chi connectivity index (χ1) is 9.33. The molecule has 0 aliphatic rings. The van der Waals surface area contributed by atoms with Gasteiger partial charge in [0.25, 0.3) is 0 Å². The Morgan fingerprint density at radius 2 is 1.95 bits per heavy atom. The van der Waals surface area contributed by atoms with Crippen molar-refractivity contribution in [1.82, 2.24) is 0 Å². The van der Waals surface area contributed by atoms with Gasteiger partial charge >= 0.3 is 5.97 Å². The predicted octanol–water partition coefficient (Wildman–Crippen LogP) is 3.17. The summed E-state index contributed by atoms with van der Waals surface area (Å²) in [5, 5.41) is 3.82. The molecule has 3 N–H and O–H groups in total. The number of carbonyl (C=O) groups excluding carboxylic acids is 2. The molecule has 1 rings (SSSR count). The van der Waals surface area contributed by atoms with E-state index in [1.165, 1.54) is 18.4 Å². The van der Waals surface area contributed by atoms with Gasteiger partial charge in [-0.1, -0.05) is 20.8 Å². The number of methoxy groups -OCH3 is 1. The number of nitrogens with one attached hydrogen (secondary N) is 1. The SMILES string of the molecule is CCC(C)Nc1sc(C(=O)C(C)C)c(N)c1C(=O)OC. The van der Waals surface area contributed by atoms with E-state index in [2.05, 4.69) is 5.32 Å². The molecule has 1 aromatic rings. The number of nitrogen functional groups attached to an aromatic ring is 1. The van der Waals surface area contributed by atoms with Crippen LogP contribution in [0.3, 0.4) is 0 Å². The highest BCUT2D eigenvalue weighted by molar-refractivity contribution is 7.19. The Labute approximate surface area is 123 Å². The van der Waals surface area contributed by atoms with Gasteiger partial charge < -0.3 is 15.8 Å². The number of hydrogen-bond donors (Lipinski definition) is 2. The average molecular weight is 298 g/mol. The van der Waals surface area contributed by atoms with Crippen molar-refractivity contribution in [2.75, 3.05) is 18.2 Å². The summed E-state index contributed by atoms with van der Waals surface area (Å²) in [5.41, 5.74) is 6.47. The second-order valence-electron chi connectivity index (χ2n) is 5.01. The maximum Gasteiger partial charge on any atom is 0.343 e. The number of anilines is 2. The molecule has 0 aromatic carbocycles. The van der Waals surface area contributed by atoms with Gasteiger partial charge in [0.1, 0.15) is 10.6 Å². The zero-order chi connectivity index (χ0) is 15.4. The summed E-state index contributed by atoms with van der Waals surface area (Å²) in [7, 11) is 1.30. The van der Waals surface area contributed by atoms with Crippen LogP contribution in [0.1, 0.15) is 54.1 Å². The number of ether oxygens (including phenoxy) is 1. The van der Waals surface area contributed by atoms with E-state index in [4.69, 9.17) is 10.5 Å². The lowest BCUT2D eigenvalue weighted by molar-refractivity contribution is 0.0603. The molecule has 1 heterocycles. The second-order valence-corrected chi connectivity index (χ2v) is 6.03. The molecule has 5 nitrogen and oxygen atoms in total. The van der Waals surface area contributed by atoms with Crippen LogP contribution in [0.15, 0.2) is 0 Å². The number of ketones is 1. The molecule has 0 radical (unpaired) electrons. The fraction of sp³-hybridized carbons (Fsp3) is 0.571. The van der Waals surface area contributed by atoms with E-state index in [0.29, 0.717) is 9.88 Å². The predicted molar refractivity (Wildman–Crippen MR) is 82.6 cm³/mol. The van der Waals surface area contributed by atoms with Crippen molar-refractivity contribution >= 4 is 33.8 Å². The number of hydrogen-bond acceptors (Lipinski definition) is 6. The van der Waals surface area contributed by atoms with Gasteiger partial charge in [-0.2, -0.15) is 0 Å². The Hall–Kier alpha value is -1.56. The molecule has 0 saturated heterocycles. The van der Waals surface area contributed by atoms with Gasteiger partial charge in [0.2, 0.25) is 0 Å². The van der Waals surface area contributed by atoms with Crippen LogP contribution < -0.4 is 11.1 Å². The van der Waals surface area contributed by atoms with Crippen molar-refractivity contribution in [2.45, 2.75) is 40.2 Å². The molecule has 0 aliphatic carbocycles. The largest absolute Gasteiger partial charge is 0.465 e. The smallest absolute Gasteiger partial charge is 0.343 e. The summed E-state index contributed by atoms with van der Waals surface area (Å²) >= 11 is 1.22. The van der Waals surface area contributed by atoms with E-state index < -0.39 is 5.97 Å². The van der Waals surface area contributed by atoms with Crippen molar-refractivity contribution < 1.29 is 14.3 Å². The summed E-state index contributed by atoms with van der Waals surface area (Å²) in [6.07, 6.45) is 0.895. The van der Waals surface area contributed by atoms with Crippen LogP contribution in [0.4, 0.5) is 10.7 Å². The van der Waals surface area contributed by atoms with Crippen LogP contribution in [0.25, 0.3) is 0 Å². The summed E-state index contributed by atoms with van der Waals surface area (Å²) in [4.78, 5) is 24.5. The first kappa shape index (κ1) is 16.5. The standard InChI is InChI=1S/C14H22N2O3S/c1-6-8(4)16-13-9(14(18)19-5)10(15)12(20-13)11(17)7(2)3/h7-8,16H,6,15H2,1-5H3. The molecule has 0 bridgehead atoms. The third kappa shape index (κ3) is 3.30. The van der Waals surface area contributed by atoms with Gasteiger partial charge in [-0.05, 0) is 13.3 Å². The summed E-state index contributed by atoms with van der Waals surface area (Å²) in [6.45, 7) is 7.65. The van der Waals surface area contributed by atoms with Crippen LogP contribution in [0.2, 0.25) is 0 Å². The molecular weight excluding hydrogens is 276 g/mol. The quantitative estimate of drug-likeness (QED) is 0.622. The lowest BCUT2D eigenvalue weighted by Gasteiger charge is -2.12. The molecular formula is C14H22N2O3S. The van der Waals surface area contributed by atoms with Crippen molar-refractivity contribution in [1.29, 1.82) is 0 Å². The molecule has 0 saturated carbocycles. The Morgan fingerprint density at radius 3 is 2.40 bits per heavy atom. The van der Waals surface area contributed by atoms with Gasteiger partial charge in [-0.15, -0.1) is 11.3 Å². The first-order valence-electron chi connectivity index (χ1n) is 6.64. The van der Waals surface area contributed by atoms with Gasteiger partial charge in [-0.3, -0.25) is 4.79 Å². The number of nitrogens with two attached hydrogens (primary N) is 1. The minimum Gasteiger partial charge on any atom is -0.465 e. The van der Waals surface area contributed by atoms with Crippen molar-refractivity contribution in [3.63, 3.8) is 0 Å². The van der Waals surface area contributed by atoms with Gasteiger partial charge in [0, 0.05) is 12.0 Å². The topological polar surface area (TPSA) is 81.4 Å². The van der Waals surface area contributed by atoms with E-state index in [1.807, 2.05) is 13.8 Å². The minimum absolute atomic E-state index is 0.0603. The lowest BCUT2D eigenvalue weighted by Crippen LogP contribution is -2.15. The number of rotatable bonds is 6. The van der Waals surface area contributed by atoms with Crippen LogP contribution in [0, 0.1) is 5.92 Å². The third-order valence-corrected chi connectivity index (χ3v) is 4.22. The van der Waals surface area contributed by atoms with Crippen LogP contribution >= 0.6 is 11.3 Å². The van der Waals surface area contributed by atoms with Gasteiger partial charge in [-0.25, -0.2) is 4.79 Å². The fourth-order valence-electron chi connectivity index (χ4n) is 1.62. The van der Waals surface area contributed by atoms with Gasteiger partial charge in [0.05, 0.1) is 17.7 Å². The Balaban J connectivity index is 3.31. The monoisotopic (exact) mass is 298 g/mol. The highest BCUT2D eigenvalue weighted by atomic mass is 32.1. The molecule has 112 valence electrons. The Morgan fingerprint density at radius 1 is 1.35 bits per heavy atom. The van der Waals surface area contributed by atoms with E-state index in [1.54, 1.807) is 13.8 Å². The minimum atomic E-state index is -0.521. The molecule has 0 fully saturated rings. The Bertz CT molecular complexity index is 509. The normalized spacial score (nSPS) is 12.3. The van der Waals surface area contributed by atoms with Crippen molar-refractivity contribution in [3.8, 4) is 0 Å². The highest BCUT2D eigenvalue weighted by Gasteiger charge is 2.27.